The second-order valence-electron chi connectivity index (χ2n) is 8.84. The van der Waals surface area contributed by atoms with Crippen molar-refractivity contribution >= 4 is 47.5 Å². The first-order valence-electron chi connectivity index (χ1n) is 12.2. The number of esters is 5. The average Bonchev–Trinajstić information content (AvgIpc) is 2.85. The van der Waals surface area contributed by atoms with Crippen LogP contribution in [0.3, 0.4) is 0 Å². The van der Waals surface area contributed by atoms with Gasteiger partial charge in [-0.1, -0.05) is 30.0 Å². The molecule has 13 nitrogen and oxygen atoms in total. The molecule has 1 heterocycles. The van der Waals surface area contributed by atoms with Crippen molar-refractivity contribution in [1.82, 2.24) is 5.32 Å². The molecule has 0 bridgehead atoms. The highest BCUT2D eigenvalue weighted by Crippen LogP contribution is 2.45. The van der Waals surface area contributed by atoms with E-state index >= 15 is 0 Å². The molecule has 40 heavy (non-hydrogen) atoms. The van der Waals surface area contributed by atoms with E-state index in [1.54, 1.807) is 30.3 Å². The maximum atomic E-state index is 13.3. The molecule has 6 atom stereocenters. The Bertz CT molecular complexity index is 1100. The van der Waals surface area contributed by atoms with Crippen molar-refractivity contribution in [3.05, 3.63) is 30.3 Å². The van der Waals surface area contributed by atoms with Gasteiger partial charge in [-0.05, 0) is 12.1 Å². The number of carbonyl (C=O) groups is 6. The third kappa shape index (κ3) is 9.23. The van der Waals surface area contributed by atoms with E-state index in [0.29, 0.717) is 4.90 Å². The number of hydrogen-bond acceptors (Lipinski definition) is 13. The van der Waals surface area contributed by atoms with E-state index in [9.17, 15) is 28.8 Å². The molecule has 1 N–H and O–H groups in total. The topological polar surface area (TPSA) is 170 Å². The van der Waals surface area contributed by atoms with Crippen LogP contribution in [0.4, 0.5) is 0 Å². The van der Waals surface area contributed by atoms with Crippen LogP contribution in [0, 0.1) is 0 Å². The smallest absolute Gasteiger partial charge is 0.349 e. The molecule has 1 aliphatic heterocycles. The number of ether oxygens (including phenoxy) is 6. The highest BCUT2D eigenvalue weighted by atomic mass is 32.2. The number of amides is 1. The van der Waals surface area contributed by atoms with Crippen molar-refractivity contribution < 1.29 is 57.2 Å². The zero-order valence-corrected chi connectivity index (χ0v) is 23.8. The second kappa shape index (κ2) is 14.7. The Morgan fingerprint density at radius 1 is 0.950 bits per heavy atom. The second-order valence-corrected chi connectivity index (χ2v) is 10.2. The number of benzene rings is 1. The lowest BCUT2D eigenvalue weighted by Crippen LogP contribution is -2.68. The molecule has 0 aliphatic carbocycles. The number of rotatable bonds is 11. The van der Waals surface area contributed by atoms with Crippen molar-refractivity contribution in [1.29, 1.82) is 0 Å². The van der Waals surface area contributed by atoms with Crippen LogP contribution < -0.4 is 5.32 Å². The molecule has 0 aromatic heterocycles. The minimum absolute atomic E-state index is 0.283. The van der Waals surface area contributed by atoms with Gasteiger partial charge in [-0.2, -0.15) is 0 Å². The summed E-state index contributed by atoms with van der Waals surface area (Å²) in [7, 11) is 1.14. The molecule has 1 amide bonds. The van der Waals surface area contributed by atoms with Gasteiger partial charge in [0.05, 0.1) is 13.2 Å². The van der Waals surface area contributed by atoms with Crippen molar-refractivity contribution in [2.24, 2.45) is 0 Å². The van der Waals surface area contributed by atoms with Crippen LogP contribution >= 0.6 is 11.8 Å². The van der Waals surface area contributed by atoms with Gasteiger partial charge in [0, 0.05) is 45.9 Å². The molecule has 0 saturated carbocycles. The van der Waals surface area contributed by atoms with Gasteiger partial charge in [-0.3, -0.25) is 24.0 Å². The van der Waals surface area contributed by atoms with Crippen LogP contribution in [-0.2, 0) is 57.2 Å². The molecular weight excluding hydrogens is 550 g/mol. The summed E-state index contributed by atoms with van der Waals surface area (Å²) in [5, 5.41) is 2.63. The predicted molar refractivity (Wildman–Crippen MR) is 137 cm³/mol. The Labute approximate surface area is 235 Å². The van der Waals surface area contributed by atoms with Crippen LogP contribution in [0.15, 0.2) is 35.2 Å². The number of hydrogen-bond donors (Lipinski definition) is 1. The zero-order chi connectivity index (χ0) is 30.0. The largest absolute Gasteiger partial charge is 0.466 e. The summed E-state index contributed by atoms with van der Waals surface area (Å²) in [6.07, 6.45) is -5.98. The first kappa shape index (κ1) is 32.6. The van der Waals surface area contributed by atoms with Crippen LogP contribution in [0.2, 0.25) is 0 Å². The Hall–Kier alpha value is -3.65. The lowest BCUT2D eigenvalue weighted by Gasteiger charge is -2.48. The quantitative estimate of drug-likeness (QED) is 0.292. The van der Waals surface area contributed by atoms with Crippen molar-refractivity contribution in [2.45, 2.75) is 81.3 Å². The van der Waals surface area contributed by atoms with Gasteiger partial charge in [-0.15, -0.1) is 0 Å². The highest BCUT2D eigenvalue weighted by Gasteiger charge is 2.58. The summed E-state index contributed by atoms with van der Waals surface area (Å²) >= 11 is 0.946. The summed E-state index contributed by atoms with van der Waals surface area (Å²) in [4.78, 5) is 72.3. The zero-order valence-electron chi connectivity index (χ0n) is 23.0. The molecule has 1 aliphatic rings. The van der Waals surface area contributed by atoms with Crippen molar-refractivity contribution in [3.63, 3.8) is 0 Å². The SMILES string of the molecule is COC(=O)[C@]1(Sc2ccccc2)C[C@H](OC(C)=O)[C@H](NC(C)=O)[C@@H]([C@H](OC(C)=O)[C@@H](COC(C)=O)OC(C)=O)O1. The number of thioether (sulfide) groups is 1. The van der Waals surface area contributed by atoms with Gasteiger partial charge in [0.25, 0.3) is 0 Å². The van der Waals surface area contributed by atoms with E-state index in [-0.39, 0.29) is 6.42 Å². The summed E-state index contributed by atoms with van der Waals surface area (Å²) in [6, 6.07) is 7.43. The fourth-order valence-electron chi connectivity index (χ4n) is 4.18. The molecule has 1 fully saturated rings. The van der Waals surface area contributed by atoms with Crippen molar-refractivity contribution in [3.8, 4) is 0 Å². The summed E-state index contributed by atoms with van der Waals surface area (Å²) in [5.74, 6) is -4.54. The normalized spacial score (nSPS) is 23.5. The van der Waals surface area contributed by atoms with Gasteiger partial charge in [0.15, 0.2) is 12.2 Å². The maximum absolute atomic E-state index is 13.3. The third-order valence-electron chi connectivity index (χ3n) is 5.52. The molecule has 1 aromatic carbocycles. The predicted octanol–water partition coefficient (Wildman–Crippen LogP) is 1.30. The Morgan fingerprint density at radius 3 is 2.08 bits per heavy atom. The van der Waals surface area contributed by atoms with E-state index in [0.717, 1.165) is 46.6 Å². The fraction of sp³-hybridized carbons (Fsp3) is 0.538. The van der Waals surface area contributed by atoms with E-state index in [1.165, 1.54) is 6.92 Å². The first-order valence-corrected chi connectivity index (χ1v) is 13.0. The lowest BCUT2D eigenvalue weighted by molar-refractivity contribution is -0.224. The summed E-state index contributed by atoms with van der Waals surface area (Å²) < 4.78 is 32.9. The molecule has 0 radical (unpaired) electrons. The molecule has 14 heteroatoms. The van der Waals surface area contributed by atoms with Crippen LogP contribution in [0.25, 0.3) is 0 Å². The third-order valence-corrected chi connectivity index (χ3v) is 6.79. The molecule has 0 spiro atoms. The first-order chi connectivity index (χ1) is 18.8. The number of nitrogens with one attached hydrogen (secondary N) is 1. The molecule has 1 aromatic rings. The Morgan fingerprint density at radius 2 is 1.57 bits per heavy atom. The maximum Gasteiger partial charge on any atom is 0.349 e. The number of carbonyl (C=O) groups excluding carboxylic acids is 6. The number of methoxy groups -OCH3 is 1. The van der Waals surface area contributed by atoms with Gasteiger partial charge in [-0.25, -0.2) is 4.79 Å². The molecule has 1 saturated heterocycles. The minimum Gasteiger partial charge on any atom is -0.466 e. The minimum atomic E-state index is -1.89. The Balaban J connectivity index is 2.76. The van der Waals surface area contributed by atoms with E-state index in [2.05, 4.69) is 5.32 Å². The van der Waals surface area contributed by atoms with E-state index < -0.39 is 77.8 Å². The van der Waals surface area contributed by atoms with E-state index in [1.807, 2.05) is 0 Å². The van der Waals surface area contributed by atoms with Gasteiger partial charge in [0.2, 0.25) is 10.8 Å². The highest BCUT2D eigenvalue weighted by molar-refractivity contribution is 8.01. The molecule has 2 rings (SSSR count). The standard InChI is InChI=1S/C26H33NO12S/c1-14(28)27-22-20(36-16(3)30)12-26(25(33)34-6,40-19-10-8-7-9-11-19)39-24(22)23(38-18(5)32)21(37-17(4)31)13-35-15(2)29/h7-11,20-24H,12-13H2,1-6H3,(H,27,28)/t20-,21+,22-,23+,24-,26+/m0/s1. The molecular formula is C26H33NO12S. The Kier molecular flexibility index (Phi) is 11.9. The lowest BCUT2D eigenvalue weighted by atomic mass is 9.89. The van der Waals surface area contributed by atoms with Gasteiger partial charge < -0.3 is 33.7 Å². The van der Waals surface area contributed by atoms with Crippen molar-refractivity contribution in [2.75, 3.05) is 13.7 Å². The summed E-state index contributed by atoms with van der Waals surface area (Å²) in [5.41, 5.74) is 0. The van der Waals surface area contributed by atoms with Gasteiger partial charge in [0.1, 0.15) is 18.8 Å². The van der Waals surface area contributed by atoms with Crippen LogP contribution in [0.1, 0.15) is 41.0 Å². The van der Waals surface area contributed by atoms with Crippen LogP contribution in [-0.4, -0.2) is 84.9 Å². The fourth-order valence-corrected chi connectivity index (χ4v) is 5.43. The van der Waals surface area contributed by atoms with Gasteiger partial charge >= 0.3 is 29.8 Å². The molecule has 220 valence electrons. The monoisotopic (exact) mass is 583 g/mol. The summed E-state index contributed by atoms with van der Waals surface area (Å²) in [6.45, 7) is 5.07. The van der Waals surface area contributed by atoms with E-state index in [4.69, 9.17) is 28.4 Å². The molecule has 0 unspecified atom stereocenters. The van der Waals surface area contributed by atoms with Crippen LogP contribution in [0.5, 0.6) is 0 Å². The average molecular weight is 584 g/mol.